The number of carbonyl (C=O) groups is 1. The van der Waals surface area contributed by atoms with Crippen LogP contribution in [0.4, 0.5) is 0 Å². The molecule has 1 aliphatic rings. The quantitative estimate of drug-likeness (QED) is 0.792. The molecule has 0 saturated carbocycles. The van der Waals surface area contributed by atoms with Gasteiger partial charge < -0.3 is 15.6 Å². The molecule has 0 aliphatic carbocycles. The molecule has 0 unspecified atom stereocenters. The van der Waals surface area contributed by atoms with Gasteiger partial charge in [-0.3, -0.25) is 9.59 Å². The molecule has 0 spiro atoms. The van der Waals surface area contributed by atoms with Crippen LogP contribution in [0.2, 0.25) is 0 Å². The van der Waals surface area contributed by atoms with Crippen molar-refractivity contribution >= 4 is 5.91 Å². The standard InChI is InChI=1S/C12H17N3O2/c1-2-6-12(13)7-15(8-12)11(17)9-4-3-5-10(16)14-9/h3-5H,2,6-8,13H2,1H3,(H,14,16). The van der Waals surface area contributed by atoms with E-state index in [2.05, 4.69) is 11.9 Å². The van der Waals surface area contributed by atoms with Crippen LogP contribution >= 0.6 is 0 Å². The Morgan fingerprint density at radius 1 is 1.53 bits per heavy atom. The maximum atomic E-state index is 12.0. The number of aromatic nitrogens is 1. The Hall–Kier alpha value is -1.62. The number of nitrogens with one attached hydrogen (secondary N) is 1. The van der Waals surface area contributed by atoms with Crippen LogP contribution in [0.25, 0.3) is 0 Å². The van der Waals surface area contributed by atoms with Crippen LogP contribution in [-0.2, 0) is 0 Å². The third-order valence-corrected chi connectivity index (χ3v) is 3.05. The maximum absolute atomic E-state index is 12.0. The van der Waals surface area contributed by atoms with Crippen molar-refractivity contribution in [2.45, 2.75) is 25.3 Å². The molecular weight excluding hydrogens is 218 g/mol. The van der Waals surface area contributed by atoms with Gasteiger partial charge in [0.2, 0.25) is 5.56 Å². The summed E-state index contributed by atoms with van der Waals surface area (Å²) in [6.07, 6.45) is 1.93. The van der Waals surface area contributed by atoms with Crippen molar-refractivity contribution < 1.29 is 4.79 Å². The first-order chi connectivity index (χ1) is 8.04. The van der Waals surface area contributed by atoms with E-state index in [1.807, 2.05) is 0 Å². The van der Waals surface area contributed by atoms with Crippen molar-refractivity contribution in [3.63, 3.8) is 0 Å². The number of hydrogen-bond acceptors (Lipinski definition) is 3. The van der Waals surface area contributed by atoms with Gasteiger partial charge in [0.05, 0.1) is 5.54 Å². The largest absolute Gasteiger partial charge is 0.334 e. The molecule has 1 fully saturated rings. The summed E-state index contributed by atoms with van der Waals surface area (Å²) in [7, 11) is 0. The lowest BCUT2D eigenvalue weighted by Gasteiger charge is -2.47. The van der Waals surface area contributed by atoms with Crippen LogP contribution in [0, 0.1) is 0 Å². The number of pyridine rings is 1. The van der Waals surface area contributed by atoms with Gasteiger partial charge in [0.15, 0.2) is 0 Å². The molecule has 0 bridgehead atoms. The number of carbonyl (C=O) groups excluding carboxylic acids is 1. The smallest absolute Gasteiger partial charge is 0.270 e. The molecule has 17 heavy (non-hydrogen) atoms. The zero-order valence-electron chi connectivity index (χ0n) is 9.90. The van der Waals surface area contributed by atoms with Crippen molar-refractivity contribution in [1.82, 2.24) is 9.88 Å². The van der Waals surface area contributed by atoms with Gasteiger partial charge in [-0.15, -0.1) is 0 Å². The summed E-state index contributed by atoms with van der Waals surface area (Å²) >= 11 is 0. The SMILES string of the molecule is CCCC1(N)CN(C(=O)c2cccc(=O)[nH]2)C1. The van der Waals surface area contributed by atoms with Crippen LogP contribution in [0.15, 0.2) is 23.0 Å². The zero-order valence-corrected chi connectivity index (χ0v) is 9.90. The number of hydrogen-bond donors (Lipinski definition) is 2. The fourth-order valence-corrected chi connectivity index (χ4v) is 2.26. The molecule has 5 heteroatoms. The predicted molar refractivity (Wildman–Crippen MR) is 64.8 cm³/mol. The van der Waals surface area contributed by atoms with Gasteiger partial charge in [-0.2, -0.15) is 0 Å². The highest BCUT2D eigenvalue weighted by Gasteiger charge is 2.41. The van der Waals surface area contributed by atoms with E-state index in [0.29, 0.717) is 18.8 Å². The summed E-state index contributed by atoms with van der Waals surface area (Å²) in [6, 6.07) is 4.57. The minimum atomic E-state index is -0.260. The Balaban J connectivity index is 2.02. The van der Waals surface area contributed by atoms with Gasteiger partial charge in [-0.05, 0) is 12.5 Å². The molecule has 3 N–H and O–H groups in total. The Morgan fingerprint density at radius 3 is 2.82 bits per heavy atom. The van der Waals surface area contributed by atoms with Gasteiger partial charge in [0.25, 0.3) is 5.91 Å². The Labute approximate surface area is 99.6 Å². The van der Waals surface area contributed by atoms with E-state index in [1.54, 1.807) is 17.0 Å². The second kappa shape index (κ2) is 4.33. The number of H-pyrrole nitrogens is 1. The van der Waals surface area contributed by atoms with Crippen molar-refractivity contribution in [2.24, 2.45) is 5.73 Å². The lowest BCUT2D eigenvalue weighted by atomic mass is 9.86. The van der Waals surface area contributed by atoms with Crippen molar-refractivity contribution in [2.75, 3.05) is 13.1 Å². The predicted octanol–water partition coefficient (Wildman–Crippen LogP) is 0.328. The fraction of sp³-hybridized carbons (Fsp3) is 0.500. The zero-order chi connectivity index (χ0) is 12.5. The third-order valence-electron chi connectivity index (χ3n) is 3.05. The number of nitrogens with two attached hydrogens (primary N) is 1. The fourth-order valence-electron chi connectivity index (χ4n) is 2.26. The Morgan fingerprint density at radius 2 is 2.24 bits per heavy atom. The first kappa shape index (κ1) is 11.9. The topological polar surface area (TPSA) is 79.2 Å². The molecule has 0 atom stereocenters. The third kappa shape index (κ3) is 2.39. The Bertz CT molecular complexity index is 475. The monoisotopic (exact) mass is 235 g/mol. The van der Waals surface area contributed by atoms with E-state index in [4.69, 9.17) is 5.73 Å². The van der Waals surface area contributed by atoms with E-state index < -0.39 is 0 Å². The number of amides is 1. The van der Waals surface area contributed by atoms with Gasteiger partial charge in [0, 0.05) is 19.2 Å². The molecule has 92 valence electrons. The highest BCUT2D eigenvalue weighted by Crippen LogP contribution is 2.24. The first-order valence-electron chi connectivity index (χ1n) is 5.81. The van der Waals surface area contributed by atoms with Gasteiger partial charge in [-0.25, -0.2) is 0 Å². The summed E-state index contributed by atoms with van der Waals surface area (Å²) in [5, 5.41) is 0. The highest BCUT2D eigenvalue weighted by atomic mass is 16.2. The first-order valence-corrected chi connectivity index (χ1v) is 5.81. The summed E-state index contributed by atoms with van der Waals surface area (Å²) < 4.78 is 0. The molecule has 1 aromatic heterocycles. The lowest BCUT2D eigenvalue weighted by molar-refractivity contribution is 0.0380. The molecule has 1 saturated heterocycles. The van der Waals surface area contributed by atoms with E-state index in [9.17, 15) is 9.59 Å². The summed E-state index contributed by atoms with van der Waals surface area (Å²) in [5.74, 6) is -0.153. The molecule has 2 rings (SSSR count). The van der Waals surface area contributed by atoms with Crippen LogP contribution in [0.3, 0.4) is 0 Å². The Kier molecular flexibility index (Phi) is 3.02. The van der Waals surface area contributed by atoms with Crippen molar-refractivity contribution in [1.29, 1.82) is 0 Å². The average Bonchev–Trinajstić information content (AvgIpc) is 2.25. The molecule has 5 nitrogen and oxygen atoms in total. The molecule has 0 aromatic carbocycles. The highest BCUT2D eigenvalue weighted by molar-refractivity contribution is 5.93. The second-order valence-corrected chi connectivity index (χ2v) is 4.70. The van der Waals surface area contributed by atoms with Crippen LogP contribution in [0.1, 0.15) is 30.3 Å². The van der Waals surface area contributed by atoms with Crippen LogP contribution < -0.4 is 11.3 Å². The summed E-state index contributed by atoms with van der Waals surface area (Å²) in [5.41, 5.74) is 5.92. The number of likely N-dealkylation sites (tertiary alicyclic amines) is 1. The number of nitrogens with zero attached hydrogens (tertiary/aromatic N) is 1. The number of rotatable bonds is 3. The minimum Gasteiger partial charge on any atom is -0.334 e. The van der Waals surface area contributed by atoms with Crippen molar-refractivity contribution in [3.05, 3.63) is 34.2 Å². The molecule has 1 aromatic rings. The maximum Gasteiger partial charge on any atom is 0.270 e. The van der Waals surface area contributed by atoms with Gasteiger partial charge in [-0.1, -0.05) is 19.4 Å². The van der Waals surface area contributed by atoms with Gasteiger partial charge >= 0.3 is 0 Å². The second-order valence-electron chi connectivity index (χ2n) is 4.70. The molecule has 1 amide bonds. The summed E-state index contributed by atoms with van der Waals surface area (Å²) in [4.78, 5) is 27.3. The average molecular weight is 235 g/mol. The minimum absolute atomic E-state index is 0.153. The van der Waals surface area contributed by atoms with E-state index in [0.717, 1.165) is 12.8 Å². The van der Waals surface area contributed by atoms with E-state index in [-0.39, 0.29) is 17.0 Å². The summed E-state index contributed by atoms with van der Waals surface area (Å²) in [6.45, 7) is 3.21. The lowest BCUT2D eigenvalue weighted by Crippen LogP contribution is -2.68. The molecule has 2 heterocycles. The van der Waals surface area contributed by atoms with Gasteiger partial charge in [0.1, 0.15) is 5.69 Å². The molecule has 0 radical (unpaired) electrons. The number of aromatic amines is 1. The normalized spacial score (nSPS) is 17.6. The van der Waals surface area contributed by atoms with Crippen LogP contribution in [0.5, 0.6) is 0 Å². The van der Waals surface area contributed by atoms with Crippen LogP contribution in [-0.4, -0.2) is 34.4 Å². The molecular formula is C12H17N3O2. The van der Waals surface area contributed by atoms with E-state index in [1.165, 1.54) is 6.07 Å². The van der Waals surface area contributed by atoms with Crippen molar-refractivity contribution in [3.8, 4) is 0 Å². The molecule has 1 aliphatic heterocycles. The van der Waals surface area contributed by atoms with E-state index >= 15 is 0 Å².